The Bertz CT molecular complexity index is 746. The number of carbonyl (C=O) groups is 1. The van der Waals surface area contributed by atoms with Crippen LogP contribution in [0, 0.1) is 12.3 Å². The van der Waals surface area contributed by atoms with Crippen molar-refractivity contribution in [3.8, 4) is 18.1 Å². The zero-order chi connectivity index (χ0) is 16.9. The molecule has 0 N–H and O–H groups in total. The Hall–Kier alpha value is -2.26. The highest BCUT2D eigenvalue weighted by Crippen LogP contribution is 2.19. The molecule has 23 heavy (non-hydrogen) atoms. The minimum Gasteiger partial charge on any atom is -0.497 e. The van der Waals surface area contributed by atoms with Gasteiger partial charge in [0.05, 0.1) is 25.2 Å². The Morgan fingerprint density at radius 1 is 1.52 bits per heavy atom. The second-order valence-corrected chi connectivity index (χ2v) is 7.57. The molecular weight excluding hydrogens is 314 g/mol. The Kier molecular flexibility index (Phi) is 5.45. The third kappa shape index (κ3) is 4.60. The molecule has 0 aromatic heterocycles. The van der Waals surface area contributed by atoms with Gasteiger partial charge < -0.3 is 9.64 Å². The van der Waals surface area contributed by atoms with Crippen molar-refractivity contribution < 1.29 is 17.9 Å². The van der Waals surface area contributed by atoms with Crippen LogP contribution < -0.4 is 4.74 Å². The minimum absolute atomic E-state index is 0.0204. The van der Waals surface area contributed by atoms with Crippen molar-refractivity contribution in [3.05, 3.63) is 35.9 Å². The molecule has 6 heteroatoms. The van der Waals surface area contributed by atoms with Crippen LogP contribution in [0.2, 0.25) is 0 Å². The topological polar surface area (TPSA) is 63.7 Å². The standard InChI is InChI=1S/C17H19NO4S/c1-3-10-18(15-9-11-23(20,21)13-15)17(19)8-7-14-5-4-6-16(12-14)22-2/h1,4-8,12,15H,9-11,13H2,2H3/b8-7+. The summed E-state index contributed by atoms with van der Waals surface area (Å²) < 4.78 is 28.3. The normalized spacial score (nSPS) is 19.4. The zero-order valence-electron chi connectivity index (χ0n) is 12.9. The van der Waals surface area contributed by atoms with Crippen molar-refractivity contribution in [2.75, 3.05) is 25.2 Å². The number of terminal acetylenes is 1. The van der Waals surface area contributed by atoms with Gasteiger partial charge in [0, 0.05) is 12.1 Å². The van der Waals surface area contributed by atoms with Gasteiger partial charge >= 0.3 is 0 Å². The maximum atomic E-state index is 12.4. The molecule has 5 nitrogen and oxygen atoms in total. The Labute approximate surface area is 136 Å². The van der Waals surface area contributed by atoms with E-state index in [-0.39, 0.29) is 30.0 Å². The van der Waals surface area contributed by atoms with E-state index in [1.54, 1.807) is 19.3 Å². The fourth-order valence-electron chi connectivity index (χ4n) is 2.51. The van der Waals surface area contributed by atoms with Gasteiger partial charge in [-0.3, -0.25) is 4.79 Å². The van der Waals surface area contributed by atoms with E-state index in [1.165, 1.54) is 11.0 Å². The number of hydrogen-bond donors (Lipinski definition) is 0. The Morgan fingerprint density at radius 3 is 2.91 bits per heavy atom. The van der Waals surface area contributed by atoms with E-state index < -0.39 is 9.84 Å². The first-order chi connectivity index (χ1) is 10.9. The van der Waals surface area contributed by atoms with Crippen LogP contribution in [0.4, 0.5) is 0 Å². The van der Waals surface area contributed by atoms with Crippen molar-refractivity contribution in [3.63, 3.8) is 0 Å². The number of amides is 1. The maximum Gasteiger partial charge on any atom is 0.247 e. The second kappa shape index (κ2) is 7.34. The van der Waals surface area contributed by atoms with E-state index in [2.05, 4.69) is 5.92 Å². The summed E-state index contributed by atoms with van der Waals surface area (Å²) in [7, 11) is -1.50. The monoisotopic (exact) mass is 333 g/mol. The van der Waals surface area contributed by atoms with E-state index in [0.29, 0.717) is 12.2 Å². The summed E-state index contributed by atoms with van der Waals surface area (Å²) in [5.41, 5.74) is 0.817. The van der Waals surface area contributed by atoms with Crippen molar-refractivity contribution in [2.24, 2.45) is 0 Å². The molecule has 1 aromatic rings. The van der Waals surface area contributed by atoms with Gasteiger partial charge in [-0.1, -0.05) is 18.1 Å². The van der Waals surface area contributed by atoms with Crippen LogP contribution in [-0.2, 0) is 14.6 Å². The second-order valence-electron chi connectivity index (χ2n) is 5.34. The molecule has 0 bridgehead atoms. The van der Waals surface area contributed by atoms with Crippen LogP contribution in [0.1, 0.15) is 12.0 Å². The molecule has 0 saturated carbocycles. The highest BCUT2D eigenvalue weighted by Gasteiger charge is 2.33. The van der Waals surface area contributed by atoms with Crippen LogP contribution in [0.5, 0.6) is 5.75 Å². The van der Waals surface area contributed by atoms with Gasteiger partial charge in [0.1, 0.15) is 5.75 Å². The van der Waals surface area contributed by atoms with Crippen molar-refractivity contribution in [2.45, 2.75) is 12.5 Å². The maximum absolute atomic E-state index is 12.4. The summed E-state index contributed by atoms with van der Waals surface area (Å²) in [6.45, 7) is 0.0987. The summed E-state index contributed by atoms with van der Waals surface area (Å²) in [5, 5.41) is 0. The molecule has 1 atom stereocenters. The molecule has 0 radical (unpaired) electrons. The molecule has 1 unspecified atom stereocenters. The van der Waals surface area contributed by atoms with E-state index in [4.69, 9.17) is 11.2 Å². The molecule has 1 amide bonds. The van der Waals surface area contributed by atoms with Crippen molar-refractivity contribution in [1.29, 1.82) is 0 Å². The first-order valence-electron chi connectivity index (χ1n) is 7.22. The van der Waals surface area contributed by atoms with Crippen molar-refractivity contribution in [1.82, 2.24) is 4.90 Å². The Morgan fingerprint density at radius 2 is 2.30 bits per heavy atom. The summed E-state index contributed by atoms with van der Waals surface area (Å²) in [4.78, 5) is 13.8. The lowest BCUT2D eigenvalue weighted by atomic mass is 10.1. The summed E-state index contributed by atoms with van der Waals surface area (Å²) in [6.07, 6.45) is 8.83. The highest BCUT2D eigenvalue weighted by molar-refractivity contribution is 7.91. The number of benzene rings is 1. The van der Waals surface area contributed by atoms with Gasteiger partial charge in [-0.2, -0.15) is 0 Å². The molecular formula is C17H19NO4S. The van der Waals surface area contributed by atoms with Crippen LogP contribution in [0.15, 0.2) is 30.3 Å². The average Bonchev–Trinajstić information content (AvgIpc) is 2.90. The van der Waals surface area contributed by atoms with Gasteiger partial charge in [-0.05, 0) is 30.2 Å². The predicted octanol–water partition coefficient (Wildman–Crippen LogP) is 1.36. The van der Waals surface area contributed by atoms with Gasteiger partial charge in [0.15, 0.2) is 9.84 Å². The van der Waals surface area contributed by atoms with Gasteiger partial charge in [-0.25, -0.2) is 8.42 Å². The molecule has 1 saturated heterocycles. The third-order valence-electron chi connectivity index (χ3n) is 3.71. The SMILES string of the molecule is C#CCN(C(=O)/C=C/c1cccc(OC)c1)C1CCS(=O)(=O)C1. The number of nitrogens with zero attached hydrogens (tertiary/aromatic N) is 1. The molecule has 1 heterocycles. The molecule has 1 aliphatic rings. The molecule has 122 valence electrons. The smallest absolute Gasteiger partial charge is 0.247 e. The summed E-state index contributed by atoms with van der Waals surface area (Å²) in [6, 6.07) is 6.94. The first-order valence-corrected chi connectivity index (χ1v) is 9.04. The van der Waals surface area contributed by atoms with Gasteiger partial charge in [0.2, 0.25) is 5.91 Å². The predicted molar refractivity (Wildman–Crippen MR) is 89.6 cm³/mol. The lowest BCUT2D eigenvalue weighted by Crippen LogP contribution is -2.40. The molecule has 0 aliphatic carbocycles. The number of ether oxygens (including phenoxy) is 1. The van der Waals surface area contributed by atoms with Crippen molar-refractivity contribution >= 4 is 21.8 Å². The largest absolute Gasteiger partial charge is 0.497 e. The number of rotatable bonds is 5. The average molecular weight is 333 g/mol. The molecule has 1 aromatic carbocycles. The molecule has 1 fully saturated rings. The van der Waals surface area contributed by atoms with E-state index in [1.807, 2.05) is 18.2 Å². The van der Waals surface area contributed by atoms with E-state index in [0.717, 1.165) is 5.56 Å². The third-order valence-corrected chi connectivity index (χ3v) is 5.46. The fourth-order valence-corrected chi connectivity index (χ4v) is 4.25. The lowest BCUT2D eigenvalue weighted by molar-refractivity contribution is -0.127. The lowest BCUT2D eigenvalue weighted by Gasteiger charge is -2.24. The fraction of sp³-hybridized carbons (Fsp3) is 0.353. The van der Waals surface area contributed by atoms with Crippen LogP contribution in [0.25, 0.3) is 6.08 Å². The number of carbonyl (C=O) groups excluding carboxylic acids is 1. The first kappa shape index (κ1) is 17.1. The number of hydrogen-bond acceptors (Lipinski definition) is 4. The van der Waals surface area contributed by atoms with Gasteiger partial charge in [-0.15, -0.1) is 6.42 Å². The molecule has 2 rings (SSSR count). The van der Waals surface area contributed by atoms with Crippen LogP contribution in [0.3, 0.4) is 0 Å². The Balaban J connectivity index is 2.12. The highest BCUT2D eigenvalue weighted by atomic mass is 32.2. The summed E-state index contributed by atoms with van der Waals surface area (Å²) >= 11 is 0. The molecule has 0 spiro atoms. The molecule has 1 aliphatic heterocycles. The van der Waals surface area contributed by atoms with Crippen LogP contribution >= 0.6 is 0 Å². The minimum atomic E-state index is -3.07. The van der Waals surface area contributed by atoms with Crippen LogP contribution in [-0.4, -0.2) is 50.4 Å². The van der Waals surface area contributed by atoms with Gasteiger partial charge in [0.25, 0.3) is 0 Å². The number of sulfone groups is 1. The zero-order valence-corrected chi connectivity index (χ0v) is 13.8. The summed E-state index contributed by atoms with van der Waals surface area (Å²) in [5.74, 6) is 2.92. The number of methoxy groups -OCH3 is 1. The van der Waals surface area contributed by atoms with E-state index in [9.17, 15) is 13.2 Å². The quantitative estimate of drug-likeness (QED) is 0.603. The van der Waals surface area contributed by atoms with E-state index >= 15 is 0 Å².